The van der Waals surface area contributed by atoms with E-state index in [2.05, 4.69) is 30.4 Å². The molecule has 2 atom stereocenters. The molecule has 1 aromatic carbocycles. The van der Waals surface area contributed by atoms with Gasteiger partial charge >= 0.3 is 0 Å². The molecule has 1 heterocycles. The summed E-state index contributed by atoms with van der Waals surface area (Å²) in [5, 5.41) is 9.44. The van der Waals surface area contributed by atoms with Crippen molar-refractivity contribution in [1.29, 1.82) is 0 Å². The van der Waals surface area contributed by atoms with Crippen molar-refractivity contribution >= 4 is 23.3 Å². The molecule has 15 heavy (non-hydrogen) atoms. The largest absolute Gasteiger partial charge is 0.290 e. The van der Waals surface area contributed by atoms with Crippen molar-refractivity contribution in [3.8, 4) is 0 Å². The number of thioether (sulfide) groups is 1. The molecule has 0 saturated carbocycles. The SMILES string of the molecule is CC1Sc2ccccc2N=C(NO)C1C. The third-order valence-electron chi connectivity index (χ3n) is 2.67. The summed E-state index contributed by atoms with van der Waals surface area (Å²) in [6.45, 7) is 4.20. The number of rotatable bonds is 0. The number of benzene rings is 1. The number of nitrogens with zero attached hydrogens (tertiary/aromatic N) is 1. The number of amidine groups is 1. The molecule has 2 N–H and O–H groups in total. The molecule has 1 aromatic rings. The van der Waals surface area contributed by atoms with E-state index in [0.29, 0.717) is 11.1 Å². The molecule has 2 rings (SSSR count). The summed E-state index contributed by atoms with van der Waals surface area (Å²) >= 11 is 1.79. The highest BCUT2D eigenvalue weighted by Gasteiger charge is 2.23. The summed E-state index contributed by atoms with van der Waals surface area (Å²) < 4.78 is 0. The van der Waals surface area contributed by atoms with Crippen LogP contribution in [-0.4, -0.2) is 16.3 Å². The van der Waals surface area contributed by atoms with E-state index < -0.39 is 0 Å². The van der Waals surface area contributed by atoms with Gasteiger partial charge in [0, 0.05) is 16.1 Å². The van der Waals surface area contributed by atoms with Gasteiger partial charge in [-0.25, -0.2) is 4.99 Å². The van der Waals surface area contributed by atoms with Crippen LogP contribution in [-0.2, 0) is 0 Å². The van der Waals surface area contributed by atoms with Crippen molar-refractivity contribution in [1.82, 2.24) is 5.48 Å². The minimum atomic E-state index is 0.215. The molecule has 80 valence electrons. The van der Waals surface area contributed by atoms with E-state index in [1.807, 2.05) is 18.2 Å². The topological polar surface area (TPSA) is 44.6 Å². The van der Waals surface area contributed by atoms with Crippen molar-refractivity contribution in [3.05, 3.63) is 24.3 Å². The van der Waals surface area contributed by atoms with Gasteiger partial charge in [-0.05, 0) is 12.1 Å². The molecular formula is C11H14N2OS. The Kier molecular flexibility index (Phi) is 2.98. The van der Waals surface area contributed by atoms with Gasteiger partial charge in [-0.2, -0.15) is 0 Å². The Morgan fingerprint density at radius 3 is 2.80 bits per heavy atom. The molecule has 4 heteroatoms. The average Bonchev–Trinajstić information content (AvgIpc) is 2.37. The predicted octanol–water partition coefficient (Wildman–Crippen LogP) is 2.83. The Morgan fingerprint density at radius 2 is 2.07 bits per heavy atom. The first-order chi connectivity index (χ1) is 7.22. The first kappa shape index (κ1) is 10.5. The van der Waals surface area contributed by atoms with Gasteiger partial charge in [0.2, 0.25) is 0 Å². The van der Waals surface area contributed by atoms with Crippen LogP contribution in [0, 0.1) is 5.92 Å². The van der Waals surface area contributed by atoms with Gasteiger partial charge in [0.05, 0.1) is 5.69 Å². The van der Waals surface area contributed by atoms with E-state index in [1.165, 1.54) is 4.90 Å². The van der Waals surface area contributed by atoms with Crippen LogP contribution >= 0.6 is 11.8 Å². The van der Waals surface area contributed by atoms with Gasteiger partial charge in [0.1, 0.15) is 5.84 Å². The third kappa shape index (κ3) is 2.01. The summed E-state index contributed by atoms with van der Waals surface area (Å²) in [5.74, 6) is 0.854. The van der Waals surface area contributed by atoms with E-state index in [4.69, 9.17) is 5.21 Å². The molecule has 0 aromatic heterocycles. The Morgan fingerprint density at radius 1 is 1.33 bits per heavy atom. The van der Waals surface area contributed by atoms with Crippen molar-refractivity contribution in [2.45, 2.75) is 24.0 Å². The van der Waals surface area contributed by atoms with Crippen LogP contribution in [0.1, 0.15) is 13.8 Å². The second-order valence-corrected chi connectivity index (χ2v) is 5.11. The second kappa shape index (κ2) is 4.24. The minimum absolute atomic E-state index is 0.215. The Labute approximate surface area is 93.6 Å². The lowest BCUT2D eigenvalue weighted by molar-refractivity contribution is 0.228. The maximum Gasteiger partial charge on any atom is 0.130 e. The van der Waals surface area contributed by atoms with E-state index in [0.717, 1.165) is 5.69 Å². The molecule has 1 aliphatic rings. The van der Waals surface area contributed by atoms with E-state index >= 15 is 0 Å². The van der Waals surface area contributed by atoms with Gasteiger partial charge in [-0.15, -0.1) is 11.8 Å². The van der Waals surface area contributed by atoms with Gasteiger partial charge in [0.25, 0.3) is 0 Å². The monoisotopic (exact) mass is 222 g/mol. The Bertz CT molecular complexity index is 392. The highest BCUT2D eigenvalue weighted by Crippen LogP contribution is 2.38. The predicted molar refractivity (Wildman–Crippen MR) is 62.9 cm³/mol. The zero-order chi connectivity index (χ0) is 10.8. The van der Waals surface area contributed by atoms with Crippen LogP contribution in [0.5, 0.6) is 0 Å². The molecule has 0 bridgehead atoms. The Hall–Kier alpha value is -1.00. The van der Waals surface area contributed by atoms with Crippen LogP contribution in [0.4, 0.5) is 5.69 Å². The van der Waals surface area contributed by atoms with Crippen molar-refractivity contribution in [2.75, 3.05) is 0 Å². The van der Waals surface area contributed by atoms with Crippen LogP contribution in [0.25, 0.3) is 0 Å². The van der Waals surface area contributed by atoms with Gasteiger partial charge < -0.3 is 0 Å². The number of hydroxylamine groups is 1. The maximum absolute atomic E-state index is 9.04. The van der Waals surface area contributed by atoms with Crippen molar-refractivity contribution in [2.24, 2.45) is 10.9 Å². The van der Waals surface area contributed by atoms with Crippen LogP contribution in [0.15, 0.2) is 34.2 Å². The lowest BCUT2D eigenvalue weighted by Gasteiger charge is -2.17. The molecule has 1 aliphatic heterocycles. The molecule has 0 spiro atoms. The fourth-order valence-corrected chi connectivity index (χ4v) is 2.66. The number of nitrogens with one attached hydrogen (secondary N) is 1. The molecule has 0 saturated heterocycles. The fourth-order valence-electron chi connectivity index (χ4n) is 1.53. The molecular weight excluding hydrogens is 208 g/mol. The molecule has 0 radical (unpaired) electrons. The molecule has 0 aliphatic carbocycles. The Balaban J connectivity index is 2.47. The van der Waals surface area contributed by atoms with E-state index in [1.54, 1.807) is 11.8 Å². The third-order valence-corrected chi connectivity index (χ3v) is 4.05. The highest BCUT2D eigenvalue weighted by molar-refractivity contribution is 8.00. The van der Waals surface area contributed by atoms with E-state index in [-0.39, 0.29) is 5.92 Å². The second-order valence-electron chi connectivity index (χ2n) is 3.69. The van der Waals surface area contributed by atoms with E-state index in [9.17, 15) is 0 Å². The van der Waals surface area contributed by atoms with Crippen LogP contribution in [0.3, 0.4) is 0 Å². The van der Waals surface area contributed by atoms with Crippen LogP contribution < -0.4 is 5.48 Å². The summed E-state index contributed by atoms with van der Waals surface area (Å²) in [5.41, 5.74) is 3.13. The smallest absolute Gasteiger partial charge is 0.130 e. The zero-order valence-corrected chi connectivity index (χ0v) is 9.58. The lowest BCUT2D eigenvalue weighted by Crippen LogP contribution is -2.30. The minimum Gasteiger partial charge on any atom is -0.290 e. The number of hydrogen-bond acceptors (Lipinski definition) is 4. The summed E-state index contributed by atoms with van der Waals surface area (Å²) in [6.07, 6.45) is 0. The first-order valence-corrected chi connectivity index (χ1v) is 5.84. The normalized spacial score (nSPS) is 25.1. The van der Waals surface area contributed by atoms with Gasteiger partial charge in [-0.1, -0.05) is 26.0 Å². The summed E-state index contributed by atoms with van der Waals surface area (Å²) in [6, 6.07) is 7.99. The first-order valence-electron chi connectivity index (χ1n) is 4.96. The number of para-hydroxylation sites is 1. The van der Waals surface area contributed by atoms with Crippen molar-refractivity contribution < 1.29 is 5.21 Å². The lowest BCUT2D eigenvalue weighted by atomic mass is 10.1. The molecule has 3 nitrogen and oxygen atoms in total. The van der Waals surface area contributed by atoms with Gasteiger partial charge in [0.15, 0.2) is 0 Å². The van der Waals surface area contributed by atoms with Gasteiger partial charge in [-0.3, -0.25) is 10.7 Å². The van der Waals surface area contributed by atoms with Crippen LogP contribution in [0.2, 0.25) is 0 Å². The molecule has 2 unspecified atom stereocenters. The van der Waals surface area contributed by atoms with Crippen molar-refractivity contribution in [3.63, 3.8) is 0 Å². The number of fused-ring (bicyclic) bond motifs is 1. The summed E-state index contributed by atoms with van der Waals surface area (Å²) in [7, 11) is 0. The summed E-state index contributed by atoms with van der Waals surface area (Å²) in [4.78, 5) is 5.59. The standard InChI is InChI=1S/C11H14N2OS/c1-7-8(2)15-10-6-4-3-5-9(10)12-11(7)13-14/h3-8,14H,1-2H3,(H,12,13). The maximum atomic E-state index is 9.04. The zero-order valence-electron chi connectivity index (χ0n) is 8.77. The molecule has 0 amide bonds. The molecule has 0 fully saturated rings. The number of aliphatic imine (C=N–C) groups is 1. The highest BCUT2D eigenvalue weighted by atomic mass is 32.2. The quantitative estimate of drug-likeness (QED) is 0.663. The fraction of sp³-hybridized carbons (Fsp3) is 0.364. The average molecular weight is 222 g/mol. The number of hydrogen-bond donors (Lipinski definition) is 2.